The van der Waals surface area contributed by atoms with Gasteiger partial charge in [0.25, 0.3) is 0 Å². The molecule has 0 heterocycles. The summed E-state index contributed by atoms with van der Waals surface area (Å²) in [6.07, 6.45) is 0. The van der Waals surface area contributed by atoms with Gasteiger partial charge in [-0.3, -0.25) is 8.22 Å². The molecule has 0 atom stereocenters. The van der Waals surface area contributed by atoms with Gasteiger partial charge in [-0.2, -0.15) is 0 Å². The number of rotatable bonds is 3. The van der Waals surface area contributed by atoms with E-state index in [-0.39, 0.29) is 5.19 Å². The lowest BCUT2D eigenvalue weighted by molar-refractivity contribution is 0.340. The topological polar surface area (TPSA) is 9.23 Å². The van der Waals surface area contributed by atoms with E-state index in [1.807, 2.05) is 6.92 Å². The Morgan fingerprint density at radius 2 is 1.77 bits per heavy atom. The lowest BCUT2D eigenvalue weighted by atomic mass is 10.3. The highest BCUT2D eigenvalue weighted by Gasteiger charge is 2.30. The molecule has 0 aliphatic carbocycles. The zero-order valence-electron chi connectivity index (χ0n) is 7.68. The van der Waals surface area contributed by atoms with Crippen LogP contribution in [0.15, 0.2) is 24.3 Å². The van der Waals surface area contributed by atoms with Crippen LogP contribution in [0.2, 0.25) is 6.55 Å². The Kier molecular flexibility index (Phi) is 3.03. The van der Waals surface area contributed by atoms with Crippen molar-refractivity contribution >= 4 is 13.9 Å². The number of hydrogen-bond donors (Lipinski definition) is 0. The molecule has 0 N–H and O–H groups in total. The zero-order chi connectivity index (χ0) is 9.90. The monoisotopic (exact) mass is 202 g/mol. The fraction of sp³-hybridized carbons (Fsp3) is 0.333. The summed E-state index contributed by atoms with van der Waals surface area (Å²) in [7, 11) is -4.13. The van der Waals surface area contributed by atoms with Crippen molar-refractivity contribution < 1.29 is 13.0 Å². The molecule has 1 aromatic carbocycles. The smallest absolute Gasteiger partial charge is 0.452 e. The fourth-order valence-electron chi connectivity index (χ4n) is 1.01. The molecule has 0 unspecified atom stereocenters. The Balaban J connectivity index is 2.81. The van der Waals surface area contributed by atoms with Crippen molar-refractivity contribution in [1.82, 2.24) is 0 Å². The second-order valence-corrected chi connectivity index (χ2v) is 5.20. The minimum atomic E-state index is -4.13. The summed E-state index contributed by atoms with van der Waals surface area (Å²) in [6, 6.07) is 6.06. The van der Waals surface area contributed by atoms with Gasteiger partial charge in [0.1, 0.15) is 5.75 Å². The highest BCUT2D eigenvalue weighted by molar-refractivity contribution is 6.78. The Morgan fingerprint density at radius 3 is 2.15 bits per heavy atom. The second kappa shape index (κ2) is 3.87. The zero-order valence-corrected chi connectivity index (χ0v) is 8.68. The van der Waals surface area contributed by atoms with Gasteiger partial charge in [-0.25, -0.2) is 0 Å². The van der Waals surface area contributed by atoms with Gasteiger partial charge in [0.05, 0.1) is 6.61 Å². The molecule has 0 aromatic heterocycles. The molecule has 4 heteroatoms. The van der Waals surface area contributed by atoms with Crippen molar-refractivity contribution in [3.8, 4) is 5.75 Å². The largest absolute Gasteiger partial charge is 0.494 e. The predicted molar refractivity (Wildman–Crippen MR) is 51.1 cm³/mol. The molecule has 13 heavy (non-hydrogen) atoms. The molecule has 0 spiro atoms. The maximum absolute atomic E-state index is 12.9. The highest BCUT2D eigenvalue weighted by atomic mass is 28.4. The molecule has 72 valence electrons. The molecule has 0 saturated carbocycles. The van der Waals surface area contributed by atoms with Crippen molar-refractivity contribution in [1.29, 1.82) is 0 Å². The second-order valence-electron chi connectivity index (χ2n) is 2.85. The lowest BCUT2D eigenvalue weighted by Gasteiger charge is -2.08. The van der Waals surface area contributed by atoms with Gasteiger partial charge in [-0.1, -0.05) is 12.1 Å². The molecule has 0 bridgehead atoms. The van der Waals surface area contributed by atoms with Crippen LogP contribution >= 0.6 is 0 Å². The molecule has 1 nitrogen and oxygen atoms in total. The van der Waals surface area contributed by atoms with E-state index in [4.69, 9.17) is 4.74 Å². The van der Waals surface area contributed by atoms with Crippen LogP contribution in [-0.2, 0) is 0 Å². The van der Waals surface area contributed by atoms with E-state index in [1.165, 1.54) is 12.1 Å². The van der Waals surface area contributed by atoms with Crippen molar-refractivity contribution in [2.75, 3.05) is 6.61 Å². The summed E-state index contributed by atoms with van der Waals surface area (Å²) in [5.74, 6) is 0.643. The van der Waals surface area contributed by atoms with E-state index >= 15 is 0 Å². The molecule has 0 saturated heterocycles. The SMILES string of the molecule is CCOc1ccc([Si](C)(F)F)cc1. The molecule has 0 radical (unpaired) electrons. The van der Waals surface area contributed by atoms with E-state index in [0.29, 0.717) is 12.4 Å². The number of hydrogen-bond acceptors (Lipinski definition) is 1. The highest BCUT2D eigenvalue weighted by Crippen LogP contribution is 2.12. The van der Waals surface area contributed by atoms with E-state index in [1.54, 1.807) is 12.1 Å². The molecule has 1 rings (SSSR count). The lowest BCUT2D eigenvalue weighted by Crippen LogP contribution is -2.34. The Hall–Kier alpha value is -0.903. The minimum Gasteiger partial charge on any atom is -0.494 e. The first-order valence-electron chi connectivity index (χ1n) is 4.15. The number of benzene rings is 1. The Bertz CT molecular complexity index is 266. The van der Waals surface area contributed by atoms with E-state index in [0.717, 1.165) is 6.55 Å². The average molecular weight is 202 g/mol. The predicted octanol–water partition coefficient (Wildman–Crippen LogP) is 2.30. The van der Waals surface area contributed by atoms with Gasteiger partial charge in [-0.05, 0) is 25.6 Å². The molecular weight excluding hydrogens is 190 g/mol. The minimum absolute atomic E-state index is 0.149. The molecule has 0 aliphatic heterocycles. The first-order valence-corrected chi connectivity index (χ1v) is 6.41. The molecule has 0 aliphatic rings. The summed E-state index contributed by atoms with van der Waals surface area (Å²) in [6.45, 7) is 3.43. The van der Waals surface area contributed by atoms with Crippen molar-refractivity contribution in [2.45, 2.75) is 13.5 Å². The van der Waals surface area contributed by atoms with Crippen LogP contribution in [-0.4, -0.2) is 15.3 Å². The Morgan fingerprint density at radius 1 is 1.23 bits per heavy atom. The van der Waals surface area contributed by atoms with Crippen molar-refractivity contribution in [3.63, 3.8) is 0 Å². The first-order chi connectivity index (χ1) is 6.04. The van der Waals surface area contributed by atoms with Gasteiger partial charge in [0, 0.05) is 5.19 Å². The van der Waals surface area contributed by atoms with Gasteiger partial charge < -0.3 is 4.74 Å². The average Bonchev–Trinajstić information content (AvgIpc) is 2.04. The summed E-state index contributed by atoms with van der Waals surface area (Å²) in [4.78, 5) is 0. The first kappa shape index (κ1) is 10.2. The fourth-order valence-corrected chi connectivity index (χ4v) is 1.76. The molecule has 1 aromatic rings. The maximum Gasteiger partial charge on any atom is 0.452 e. The number of halogens is 2. The van der Waals surface area contributed by atoms with Crippen LogP contribution in [0.1, 0.15) is 6.92 Å². The van der Waals surface area contributed by atoms with Crippen LogP contribution in [0.25, 0.3) is 0 Å². The molecule has 0 amide bonds. The van der Waals surface area contributed by atoms with Gasteiger partial charge >= 0.3 is 8.74 Å². The third-order valence-electron chi connectivity index (χ3n) is 1.67. The van der Waals surface area contributed by atoms with Gasteiger partial charge in [0.15, 0.2) is 0 Å². The Labute approximate surface area is 77.7 Å². The van der Waals surface area contributed by atoms with Crippen LogP contribution in [0.3, 0.4) is 0 Å². The van der Waals surface area contributed by atoms with Crippen LogP contribution in [0.5, 0.6) is 5.75 Å². The van der Waals surface area contributed by atoms with Crippen molar-refractivity contribution in [3.05, 3.63) is 24.3 Å². The van der Waals surface area contributed by atoms with Crippen LogP contribution in [0.4, 0.5) is 8.22 Å². The third-order valence-corrected chi connectivity index (χ3v) is 3.02. The van der Waals surface area contributed by atoms with E-state index < -0.39 is 8.74 Å². The summed E-state index contributed by atoms with van der Waals surface area (Å²) in [5.41, 5.74) is 0. The van der Waals surface area contributed by atoms with E-state index in [9.17, 15) is 8.22 Å². The number of ether oxygens (including phenoxy) is 1. The molecule has 0 fully saturated rings. The molecular formula is C9H12F2OSi. The maximum atomic E-state index is 12.9. The summed E-state index contributed by atoms with van der Waals surface area (Å²) < 4.78 is 30.9. The van der Waals surface area contributed by atoms with E-state index in [2.05, 4.69) is 0 Å². The standard InChI is InChI=1S/C9H12F2OSi/c1-3-12-8-4-6-9(7-5-8)13(2,10)11/h4-7H,3H2,1-2H3. The quantitative estimate of drug-likeness (QED) is 0.540. The van der Waals surface area contributed by atoms with Crippen molar-refractivity contribution in [2.24, 2.45) is 0 Å². The normalized spacial score (nSPS) is 11.4. The van der Waals surface area contributed by atoms with Crippen LogP contribution < -0.4 is 9.92 Å². The van der Waals surface area contributed by atoms with Crippen LogP contribution in [0, 0.1) is 0 Å². The summed E-state index contributed by atoms with van der Waals surface area (Å²) >= 11 is 0. The van der Waals surface area contributed by atoms with Gasteiger partial charge in [-0.15, -0.1) is 0 Å². The summed E-state index contributed by atoms with van der Waals surface area (Å²) in [5, 5.41) is 0.149. The third kappa shape index (κ3) is 2.80. The van der Waals surface area contributed by atoms with Gasteiger partial charge in [0.2, 0.25) is 0 Å².